The second-order valence-electron chi connectivity index (χ2n) is 8.22. The lowest BCUT2D eigenvalue weighted by Gasteiger charge is -2.39. The zero-order valence-electron chi connectivity index (χ0n) is 12.9. The number of ether oxygens (including phenoxy) is 3. The minimum atomic E-state index is -1.12. The molecule has 0 bridgehead atoms. The lowest BCUT2D eigenvalue weighted by molar-refractivity contribution is -0.260. The molecular formula is C16H26O4. The summed E-state index contributed by atoms with van der Waals surface area (Å²) in [6, 6.07) is 0. The van der Waals surface area contributed by atoms with E-state index in [1.54, 1.807) is 0 Å². The van der Waals surface area contributed by atoms with Crippen molar-refractivity contribution in [3.8, 4) is 0 Å². The Hall–Kier alpha value is -0.160. The van der Waals surface area contributed by atoms with E-state index in [1.165, 1.54) is 0 Å². The fourth-order valence-electron chi connectivity index (χ4n) is 5.00. The average molecular weight is 282 g/mol. The van der Waals surface area contributed by atoms with Gasteiger partial charge in [-0.1, -0.05) is 13.8 Å². The number of aliphatic hydroxyl groups is 1. The molecule has 8 atom stereocenters. The molecule has 2 heterocycles. The van der Waals surface area contributed by atoms with Crippen LogP contribution in [0.25, 0.3) is 0 Å². The molecule has 114 valence electrons. The molecule has 1 N–H and O–H groups in total. The molecule has 2 saturated heterocycles. The summed E-state index contributed by atoms with van der Waals surface area (Å²) in [6.07, 6.45) is 3.76. The predicted molar refractivity (Wildman–Crippen MR) is 73.2 cm³/mol. The van der Waals surface area contributed by atoms with Crippen LogP contribution in [0.2, 0.25) is 0 Å². The monoisotopic (exact) mass is 282 g/mol. The molecule has 4 nitrogen and oxygen atoms in total. The lowest BCUT2D eigenvalue weighted by atomic mass is 9.78. The van der Waals surface area contributed by atoms with Crippen molar-refractivity contribution in [2.45, 2.75) is 88.7 Å². The van der Waals surface area contributed by atoms with E-state index in [4.69, 9.17) is 14.2 Å². The van der Waals surface area contributed by atoms with E-state index < -0.39 is 5.79 Å². The molecule has 2 aliphatic carbocycles. The smallest absolute Gasteiger partial charge is 0.195 e. The van der Waals surface area contributed by atoms with Gasteiger partial charge in [-0.15, -0.1) is 0 Å². The molecule has 2 saturated carbocycles. The highest BCUT2D eigenvalue weighted by atomic mass is 16.7. The SMILES string of the molecule is CC1CC(OC2(O)CC(C)CC3(C)OC32)C2OC2(C)C1. The summed E-state index contributed by atoms with van der Waals surface area (Å²) < 4.78 is 17.8. The second kappa shape index (κ2) is 3.78. The second-order valence-corrected chi connectivity index (χ2v) is 8.22. The summed E-state index contributed by atoms with van der Waals surface area (Å²) in [5.74, 6) is -0.114. The van der Waals surface area contributed by atoms with Crippen LogP contribution in [0.4, 0.5) is 0 Å². The van der Waals surface area contributed by atoms with Crippen LogP contribution in [0, 0.1) is 11.8 Å². The van der Waals surface area contributed by atoms with E-state index in [0.29, 0.717) is 18.3 Å². The van der Waals surface area contributed by atoms with Gasteiger partial charge in [0.25, 0.3) is 0 Å². The van der Waals surface area contributed by atoms with E-state index in [-0.39, 0.29) is 29.5 Å². The summed E-state index contributed by atoms with van der Waals surface area (Å²) in [7, 11) is 0. The molecule has 4 aliphatic rings. The highest BCUT2D eigenvalue weighted by Crippen LogP contribution is 2.57. The molecule has 2 aliphatic heterocycles. The summed E-state index contributed by atoms with van der Waals surface area (Å²) in [4.78, 5) is 0. The topological polar surface area (TPSA) is 54.5 Å². The fraction of sp³-hybridized carbons (Fsp3) is 1.00. The Kier molecular flexibility index (Phi) is 2.55. The zero-order chi connectivity index (χ0) is 14.3. The van der Waals surface area contributed by atoms with Crippen molar-refractivity contribution in [1.29, 1.82) is 0 Å². The van der Waals surface area contributed by atoms with E-state index >= 15 is 0 Å². The number of fused-ring (bicyclic) bond motifs is 2. The molecule has 0 radical (unpaired) electrons. The van der Waals surface area contributed by atoms with Gasteiger partial charge in [0.1, 0.15) is 12.2 Å². The van der Waals surface area contributed by atoms with Crippen molar-refractivity contribution < 1.29 is 19.3 Å². The first-order valence-electron chi connectivity index (χ1n) is 8.00. The first-order valence-corrected chi connectivity index (χ1v) is 8.00. The van der Waals surface area contributed by atoms with Crippen LogP contribution in [-0.2, 0) is 14.2 Å². The number of epoxide rings is 2. The van der Waals surface area contributed by atoms with Crippen LogP contribution < -0.4 is 0 Å². The van der Waals surface area contributed by atoms with Crippen molar-refractivity contribution in [1.82, 2.24) is 0 Å². The fourth-order valence-corrected chi connectivity index (χ4v) is 5.00. The quantitative estimate of drug-likeness (QED) is 0.623. The van der Waals surface area contributed by atoms with Gasteiger partial charge < -0.3 is 19.3 Å². The Bertz CT molecular complexity index is 440. The maximum absolute atomic E-state index is 11.0. The van der Waals surface area contributed by atoms with Gasteiger partial charge in [-0.2, -0.15) is 0 Å². The summed E-state index contributed by atoms with van der Waals surface area (Å²) in [5, 5.41) is 11.0. The standard InChI is InChI=1S/C16H26O4/c1-9-5-11(12-14(3,6-9)19-12)18-16(17)8-10(2)7-15(4)13(16)20-15/h9-13,17H,5-8H2,1-4H3. The molecule has 8 unspecified atom stereocenters. The minimum Gasteiger partial charge on any atom is -0.364 e. The minimum absolute atomic E-state index is 0.00694. The number of hydrogen-bond acceptors (Lipinski definition) is 4. The maximum Gasteiger partial charge on any atom is 0.195 e. The molecular weight excluding hydrogens is 256 g/mol. The molecule has 20 heavy (non-hydrogen) atoms. The highest BCUT2D eigenvalue weighted by molar-refractivity contribution is 5.14. The Labute approximate surface area is 120 Å². The van der Waals surface area contributed by atoms with Gasteiger partial charge in [0.2, 0.25) is 0 Å². The van der Waals surface area contributed by atoms with Gasteiger partial charge in [0.15, 0.2) is 5.79 Å². The van der Waals surface area contributed by atoms with Gasteiger partial charge in [0, 0.05) is 6.42 Å². The predicted octanol–water partition coefficient (Wildman–Crippen LogP) is 2.24. The third-order valence-corrected chi connectivity index (χ3v) is 5.71. The normalized spacial score (nSPS) is 64.3. The van der Waals surface area contributed by atoms with Crippen LogP contribution in [0.1, 0.15) is 53.4 Å². The number of rotatable bonds is 2. The summed E-state index contributed by atoms with van der Waals surface area (Å²) >= 11 is 0. The first kappa shape index (κ1) is 13.5. The molecule has 0 aromatic heterocycles. The molecule has 0 amide bonds. The van der Waals surface area contributed by atoms with E-state index in [1.807, 2.05) is 0 Å². The average Bonchev–Trinajstić information content (AvgIpc) is 3.12. The third-order valence-electron chi connectivity index (χ3n) is 5.71. The Balaban J connectivity index is 1.51. The highest BCUT2D eigenvalue weighted by Gasteiger charge is 2.69. The van der Waals surface area contributed by atoms with Crippen LogP contribution in [0.15, 0.2) is 0 Å². The van der Waals surface area contributed by atoms with Crippen molar-refractivity contribution >= 4 is 0 Å². The first-order chi connectivity index (χ1) is 9.24. The van der Waals surface area contributed by atoms with Gasteiger partial charge >= 0.3 is 0 Å². The Morgan fingerprint density at radius 2 is 1.70 bits per heavy atom. The molecule has 0 aromatic rings. The molecule has 0 spiro atoms. The van der Waals surface area contributed by atoms with Gasteiger partial charge in [-0.05, 0) is 44.9 Å². The van der Waals surface area contributed by atoms with Gasteiger partial charge in [-0.25, -0.2) is 0 Å². The van der Waals surface area contributed by atoms with Gasteiger partial charge in [0.05, 0.1) is 17.3 Å². The third kappa shape index (κ3) is 1.88. The summed E-state index contributed by atoms with van der Waals surface area (Å²) in [5.41, 5.74) is -0.201. The van der Waals surface area contributed by atoms with Crippen LogP contribution in [-0.4, -0.2) is 40.4 Å². The lowest BCUT2D eigenvalue weighted by Crippen LogP contribution is -2.51. The van der Waals surface area contributed by atoms with Crippen LogP contribution in [0.3, 0.4) is 0 Å². The van der Waals surface area contributed by atoms with Crippen molar-refractivity contribution in [2.75, 3.05) is 0 Å². The van der Waals surface area contributed by atoms with E-state index in [9.17, 15) is 5.11 Å². The molecule has 4 heteroatoms. The number of hydrogen-bond donors (Lipinski definition) is 1. The van der Waals surface area contributed by atoms with Crippen molar-refractivity contribution in [3.05, 3.63) is 0 Å². The van der Waals surface area contributed by atoms with Crippen molar-refractivity contribution in [3.63, 3.8) is 0 Å². The van der Waals surface area contributed by atoms with Crippen molar-refractivity contribution in [2.24, 2.45) is 11.8 Å². The van der Waals surface area contributed by atoms with E-state index in [2.05, 4.69) is 27.7 Å². The van der Waals surface area contributed by atoms with Gasteiger partial charge in [-0.3, -0.25) is 0 Å². The largest absolute Gasteiger partial charge is 0.364 e. The zero-order valence-corrected chi connectivity index (χ0v) is 12.9. The van der Waals surface area contributed by atoms with Crippen LogP contribution in [0.5, 0.6) is 0 Å². The van der Waals surface area contributed by atoms with E-state index in [0.717, 1.165) is 19.3 Å². The molecule has 4 rings (SSSR count). The Morgan fingerprint density at radius 3 is 2.45 bits per heavy atom. The van der Waals surface area contributed by atoms with Crippen LogP contribution >= 0.6 is 0 Å². The molecule has 0 aromatic carbocycles. The Morgan fingerprint density at radius 1 is 1.00 bits per heavy atom. The molecule has 4 fully saturated rings. The maximum atomic E-state index is 11.0. The summed E-state index contributed by atoms with van der Waals surface area (Å²) in [6.45, 7) is 8.65.